The van der Waals surface area contributed by atoms with Crippen molar-refractivity contribution in [3.63, 3.8) is 0 Å². The van der Waals surface area contributed by atoms with E-state index in [-0.39, 0.29) is 11.8 Å². The fraction of sp³-hybridized carbons (Fsp3) is 0.778. The number of aromatic nitrogens is 2. The van der Waals surface area contributed by atoms with Gasteiger partial charge in [0.1, 0.15) is 0 Å². The SMILES string of the molecule is O=C1CCCN1Cc1nnc(SCC(=O)N2CCC[C@@H]3CCCC[C@@H]32)o1. The van der Waals surface area contributed by atoms with E-state index in [1.165, 1.54) is 37.4 Å². The van der Waals surface area contributed by atoms with Gasteiger partial charge in [0, 0.05) is 25.6 Å². The average Bonchev–Trinajstić information content (AvgIpc) is 3.29. The molecule has 7 nitrogen and oxygen atoms in total. The van der Waals surface area contributed by atoms with Crippen molar-refractivity contribution in [2.45, 2.75) is 69.2 Å². The quantitative estimate of drug-likeness (QED) is 0.732. The van der Waals surface area contributed by atoms with Crippen LogP contribution in [0.5, 0.6) is 0 Å². The molecule has 1 aromatic heterocycles. The molecule has 2 aliphatic heterocycles. The van der Waals surface area contributed by atoms with Crippen molar-refractivity contribution in [2.75, 3.05) is 18.8 Å². The van der Waals surface area contributed by atoms with Gasteiger partial charge >= 0.3 is 0 Å². The number of carbonyl (C=O) groups excluding carboxylic acids is 2. The van der Waals surface area contributed by atoms with Gasteiger partial charge in [-0.3, -0.25) is 9.59 Å². The smallest absolute Gasteiger partial charge is 0.277 e. The molecule has 3 heterocycles. The molecular weight excluding hydrogens is 352 g/mol. The Morgan fingerprint density at radius 3 is 2.81 bits per heavy atom. The van der Waals surface area contributed by atoms with E-state index in [1.807, 2.05) is 0 Å². The third-order valence-electron chi connectivity index (χ3n) is 5.83. The summed E-state index contributed by atoms with van der Waals surface area (Å²) < 4.78 is 5.61. The molecule has 0 bridgehead atoms. The molecule has 1 aromatic rings. The normalized spacial score (nSPS) is 26.2. The van der Waals surface area contributed by atoms with Crippen molar-refractivity contribution in [2.24, 2.45) is 5.92 Å². The summed E-state index contributed by atoms with van der Waals surface area (Å²) in [7, 11) is 0. The number of piperidine rings is 1. The van der Waals surface area contributed by atoms with Gasteiger partial charge in [-0.2, -0.15) is 0 Å². The van der Waals surface area contributed by atoms with Crippen molar-refractivity contribution in [3.05, 3.63) is 5.89 Å². The van der Waals surface area contributed by atoms with Crippen LogP contribution < -0.4 is 0 Å². The van der Waals surface area contributed by atoms with Gasteiger partial charge in [-0.1, -0.05) is 24.6 Å². The third kappa shape index (κ3) is 3.89. The molecule has 3 aliphatic rings. The van der Waals surface area contributed by atoms with E-state index in [4.69, 9.17) is 4.42 Å². The van der Waals surface area contributed by atoms with Crippen LogP contribution in [0.2, 0.25) is 0 Å². The molecule has 0 radical (unpaired) electrons. The molecule has 4 rings (SSSR count). The van der Waals surface area contributed by atoms with E-state index in [2.05, 4.69) is 15.1 Å². The highest BCUT2D eigenvalue weighted by atomic mass is 32.2. The summed E-state index contributed by atoms with van der Waals surface area (Å²) in [6.07, 6.45) is 8.83. The van der Waals surface area contributed by atoms with E-state index in [0.29, 0.717) is 41.8 Å². The molecule has 0 spiro atoms. The number of nitrogens with zero attached hydrogens (tertiary/aromatic N) is 4. The molecular formula is C18H26N4O3S. The highest BCUT2D eigenvalue weighted by Gasteiger charge is 2.35. The average molecular weight is 378 g/mol. The topological polar surface area (TPSA) is 79.5 Å². The summed E-state index contributed by atoms with van der Waals surface area (Å²) in [6, 6.07) is 0.435. The molecule has 0 N–H and O–H groups in total. The van der Waals surface area contributed by atoms with Gasteiger partial charge in [-0.25, -0.2) is 0 Å². The van der Waals surface area contributed by atoms with Gasteiger partial charge in [-0.15, -0.1) is 10.2 Å². The first-order valence-electron chi connectivity index (χ1n) is 9.73. The molecule has 0 aromatic carbocycles. The molecule has 1 saturated carbocycles. The highest BCUT2D eigenvalue weighted by molar-refractivity contribution is 7.99. The molecule has 0 unspecified atom stereocenters. The van der Waals surface area contributed by atoms with Crippen molar-refractivity contribution >= 4 is 23.6 Å². The predicted molar refractivity (Wildman–Crippen MR) is 96.4 cm³/mol. The van der Waals surface area contributed by atoms with Crippen LogP contribution in [0.4, 0.5) is 0 Å². The van der Waals surface area contributed by atoms with Gasteiger partial charge in [0.2, 0.25) is 17.7 Å². The molecule has 142 valence electrons. The minimum Gasteiger partial charge on any atom is -0.414 e. The second-order valence-corrected chi connectivity index (χ2v) is 8.44. The minimum atomic E-state index is 0.139. The van der Waals surface area contributed by atoms with Crippen molar-refractivity contribution < 1.29 is 14.0 Å². The zero-order chi connectivity index (χ0) is 17.9. The molecule has 26 heavy (non-hydrogen) atoms. The number of rotatable bonds is 5. The van der Waals surface area contributed by atoms with E-state index < -0.39 is 0 Å². The largest absolute Gasteiger partial charge is 0.414 e. The fourth-order valence-corrected chi connectivity index (χ4v) is 5.20. The minimum absolute atomic E-state index is 0.139. The van der Waals surface area contributed by atoms with E-state index in [9.17, 15) is 9.59 Å². The Bertz CT molecular complexity index is 663. The van der Waals surface area contributed by atoms with Gasteiger partial charge < -0.3 is 14.2 Å². The number of carbonyl (C=O) groups is 2. The number of fused-ring (bicyclic) bond motifs is 1. The zero-order valence-corrected chi connectivity index (χ0v) is 15.9. The maximum absolute atomic E-state index is 12.7. The lowest BCUT2D eigenvalue weighted by Crippen LogP contribution is -2.50. The van der Waals surface area contributed by atoms with Crippen LogP contribution in [0, 0.1) is 5.92 Å². The zero-order valence-electron chi connectivity index (χ0n) is 15.1. The molecule has 2 amide bonds. The van der Waals surface area contributed by atoms with E-state index in [0.717, 1.165) is 32.4 Å². The van der Waals surface area contributed by atoms with Crippen LogP contribution in [0.15, 0.2) is 9.64 Å². The highest BCUT2D eigenvalue weighted by Crippen LogP contribution is 2.35. The number of hydrogen-bond acceptors (Lipinski definition) is 6. The lowest BCUT2D eigenvalue weighted by molar-refractivity contribution is -0.134. The summed E-state index contributed by atoms with van der Waals surface area (Å²) in [5.74, 6) is 1.80. The second-order valence-electron chi connectivity index (χ2n) is 7.51. The van der Waals surface area contributed by atoms with Crippen LogP contribution in [0.3, 0.4) is 0 Å². The summed E-state index contributed by atoms with van der Waals surface area (Å²) in [5.41, 5.74) is 0. The summed E-state index contributed by atoms with van der Waals surface area (Å²) in [6.45, 7) is 2.00. The Morgan fingerprint density at radius 1 is 1.12 bits per heavy atom. The Kier molecular flexibility index (Phi) is 5.47. The summed E-state index contributed by atoms with van der Waals surface area (Å²) in [5, 5.41) is 8.45. The predicted octanol–water partition coefficient (Wildman–Crippen LogP) is 2.47. The molecule has 1 aliphatic carbocycles. The van der Waals surface area contributed by atoms with Crippen LogP contribution in [0.1, 0.15) is 57.3 Å². The van der Waals surface area contributed by atoms with Gasteiger partial charge in [0.25, 0.3) is 5.22 Å². The van der Waals surface area contributed by atoms with Crippen LogP contribution >= 0.6 is 11.8 Å². The summed E-state index contributed by atoms with van der Waals surface area (Å²) >= 11 is 1.31. The maximum Gasteiger partial charge on any atom is 0.277 e. The second kappa shape index (κ2) is 7.98. The first-order valence-corrected chi connectivity index (χ1v) is 10.7. The summed E-state index contributed by atoms with van der Waals surface area (Å²) in [4.78, 5) is 28.2. The van der Waals surface area contributed by atoms with E-state index in [1.54, 1.807) is 4.90 Å². The van der Waals surface area contributed by atoms with Crippen molar-refractivity contribution in [1.29, 1.82) is 0 Å². The van der Waals surface area contributed by atoms with Gasteiger partial charge in [0.05, 0.1) is 12.3 Å². The Morgan fingerprint density at radius 2 is 1.96 bits per heavy atom. The molecule has 2 atom stereocenters. The fourth-order valence-electron chi connectivity index (χ4n) is 4.54. The van der Waals surface area contributed by atoms with E-state index >= 15 is 0 Å². The van der Waals surface area contributed by atoms with Crippen molar-refractivity contribution in [3.8, 4) is 0 Å². The Labute approximate surface area is 157 Å². The Hall–Kier alpha value is -1.57. The lowest BCUT2D eigenvalue weighted by Gasteiger charge is -2.44. The maximum atomic E-state index is 12.7. The molecule has 2 saturated heterocycles. The monoisotopic (exact) mass is 378 g/mol. The molecule has 8 heteroatoms. The van der Waals surface area contributed by atoms with Crippen LogP contribution in [-0.4, -0.2) is 56.7 Å². The number of hydrogen-bond donors (Lipinski definition) is 0. The Balaban J connectivity index is 1.29. The molecule has 3 fully saturated rings. The number of thioether (sulfide) groups is 1. The first kappa shape index (κ1) is 17.8. The van der Waals surface area contributed by atoms with Crippen LogP contribution in [-0.2, 0) is 16.1 Å². The number of amides is 2. The first-order chi connectivity index (χ1) is 12.7. The van der Waals surface area contributed by atoms with Gasteiger partial charge in [-0.05, 0) is 38.0 Å². The van der Waals surface area contributed by atoms with Gasteiger partial charge in [0.15, 0.2) is 0 Å². The number of likely N-dealkylation sites (tertiary alicyclic amines) is 2. The third-order valence-corrected chi connectivity index (χ3v) is 6.63. The van der Waals surface area contributed by atoms with Crippen molar-refractivity contribution in [1.82, 2.24) is 20.0 Å². The lowest BCUT2D eigenvalue weighted by atomic mass is 9.78. The van der Waals surface area contributed by atoms with Crippen LogP contribution in [0.25, 0.3) is 0 Å². The standard InChI is InChI=1S/C18H26N4O3S/c23-16-8-4-9-21(16)11-15-19-20-18(25-15)26-12-17(24)22-10-3-6-13-5-1-2-7-14(13)22/h13-14H,1-12H2/t13-,14-/m0/s1.